The van der Waals surface area contributed by atoms with Gasteiger partial charge in [-0.05, 0) is 24.3 Å². The van der Waals surface area contributed by atoms with Crippen LogP contribution in [0.2, 0.25) is 0 Å². The highest BCUT2D eigenvalue weighted by molar-refractivity contribution is 5.55. The van der Waals surface area contributed by atoms with Crippen LogP contribution in [-0.4, -0.2) is 9.55 Å². The van der Waals surface area contributed by atoms with E-state index in [-0.39, 0.29) is 12.4 Å². The van der Waals surface area contributed by atoms with Crippen LogP contribution in [-0.2, 0) is 6.54 Å². The van der Waals surface area contributed by atoms with Gasteiger partial charge in [-0.15, -0.1) is 0 Å². The number of rotatable bonds is 2. The van der Waals surface area contributed by atoms with Crippen LogP contribution in [0.25, 0.3) is 11.4 Å². The monoisotopic (exact) mass is 201 g/mol. The Hall–Kier alpha value is -2.15. The summed E-state index contributed by atoms with van der Waals surface area (Å²) in [6, 6.07) is 8.08. The topological polar surface area (TPSA) is 41.6 Å². The lowest BCUT2D eigenvalue weighted by Gasteiger charge is -2.02. The van der Waals surface area contributed by atoms with Crippen LogP contribution in [0.5, 0.6) is 0 Å². The van der Waals surface area contributed by atoms with E-state index < -0.39 is 0 Å². The van der Waals surface area contributed by atoms with Gasteiger partial charge in [0.05, 0.1) is 6.07 Å². The number of imidazole rings is 1. The molecule has 0 atom stereocenters. The summed E-state index contributed by atoms with van der Waals surface area (Å²) < 4.78 is 14.4. The maximum absolute atomic E-state index is 12.7. The second-order valence-electron chi connectivity index (χ2n) is 3.04. The van der Waals surface area contributed by atoms with Crippen LogP contribution in [0.3, 0.4) is 0 Å². The molecule has 0 amide bonds. The zero-order valence-corrected chi connectivity index (χ0v) is 7.89. The molecule has 1 heterocycles. The summed E-state index contributed by atoms with van der Waals surface area (Å²) in [6.45, 7) is 0.243. The lowest BCUT2D eigenvalue weighted by molar-refractivity contribution is 0.628. The zero-order chi connectivity index (χ0) is 10.7. The second kappa shape index (κ2) is 3.93. The van der Waals surface area contributed by atoms with Gasteiger partial charge in [-0.2, -0.15) is 5.26 Å². The molecule has 0 N–H and O–H groups in total. The van der Waals surface area contributed by atoms with Crippen LogP contribution < -0.4 is 0 Å². The molecular weight excluding hydrogens is 193 g/mol. The van der Waals surface area contributed by atoms with Crippen LogP contribution in [0.15, 0.2) is 36.7 Å². The number of hydrogen-bond acceptors (Lipinski definition) is 2. The van der Waals surface area contributed by atoms with Gasteiger partial charge in [-0.25, -0.2) is 9.37 Å². The fourth-order valence-corrected chi connectivity index (χ4v) is 1.37. The number of benzene rings is 1. The molecule has 0 saturated heterocycles. The summed E-state index contributed by atoms with van der Waals surface area (Å²) in [6.07, 6.45) is 3.35. The number of aromatic nitrogens is 2. The van der Waals surface area contributed by atoms with Gasteiger partial charge in [-0.1, -0.05) is 0 Å². The minimum atomic E-state index is -0.280. The summed E-state index contributed by atoms with van der Waals surface area (Å²) in [7, 11) is 0. The SMILES string of the molecule is N#CCn1ccnc1-c1ccc(F)cc1. The summed E-state index contributed by atoms with van der Waals surface area (Å²) in [4.78, 5) is 4.12. The molecule has 0 saturated carbocycles. The van der Waals surface area contributed by atoms with Gasteiger partial charge >= 0.3 is 0 Å². The van der Waals surface area contributed by atoms with Crippen molar-refractivity contribution in [3.05, 3.63) is 42.5 Å². The van der Waals surface area contributed by atoms with E-state index in [0.29, 0.717) is 5.82 Å². The van der Waals surface area contributed by atoms with Crippen LogP contribution in [0.1, 0.15) is 0 Å². The van der Waals surface area contributed by atoms with E-state index in [1.165, 1.54) is 12.1 Å². The molecular formula is C11H8FN3. The normalized spacial score (nSPS) is 9.87. The molecule has 1 aromatic heterocycles. The average Bonchev–Trinajstić information content (AvgIpc) is 2.68. The lowest BCUT2D eigenvalue weighted by atomic mass is 10.2. The Kier molecular flexibility index (Phi) is 2.46. The van der Waals surface area contributed by atoms with Gasteiger partial charge in [0.15, 0.2) is 0 Å². The van der Waals surface area contributed by atoms with Gasteiger partial charge in [0.25, 0.3) is 0 Å². The summed E-state index contributed by atoms with van der Waals surface area (Å²) >= 11 is 0. The van der Waals surface area contributed by atoms with Gasteiger partial charge < -0.3 is 4.57 Å². The fourth-order valence-electron chi connectivity index (χ4n) is 1.37. The molecule has 3 nitrogen and oxygen atoms in total. The molecule has 1 aromatic carbocycles. The molecule has 0 aliphatic heterocycles. The van der Waals surface area contributed by atoms with Crippen molar-refractivity contribution in [3.63, 3.8) is 0 Å². The van der Waals surface area contributed by atoms with E-state index >= 15 is 0 Å². The largest absolute Gasteiger partial charge is 0.317 e. The number of nitriles is 1. The van der Waals surface area contributed by atoms with E-state index in [0.717, 1.165) is 5.56 Å². The van der Waals surface area contributed by atoms with Crippen LogP contribution in [0, 0.1) is 17.1 Å². The first-order chi connectivity index (χ1) is 7.31. The Balaban J connectivity index is 2.41. The predicted molar refractivity (Wildman–Crippen MR) is 53.2 cm³/mol. The molecule has 0 fully saturated rings. The Labute approximate surface area is 86.4 Å². The molecule has 0 unspecified atom stereocenters. The quantitative estimate of drug-likeness (QED) is 0.747. The number of hydrogen-bond donors (Lipinski definition) is 0. The first-order valence-corrected chi connectivity index (χ1v) is 4.45. The van der Waals surface area contributed by atoms with Gasteiger partial charge in [0.2, 0.25) is 0 Å². The van der Waals surface area contributed by atoms with Crippen molar-refractivity contribution in [1.29, 1.82) is 5.26 Å². The minimum Gasteiger partial charge on any atom is -0.317 e. The van der Waals surface area contributed by atoms with Crippen molar-refractivity contribution in [2.24, 2.45) is 0 Å². The number of halogens is 1. The molecule has 0 bridgehead atoms. The first kappa shape index (κ1) is 9.41. The molecule has 4 heteroatoms. The Morgan fingerprint density at radius 1 is 1.33 bits per heavy atom. The third-order valence-electron chi connectivity index (χ3n) is 2.06. The van der Waals surface area contributed by atoms with E-state index in [9.17, 15) is 4.39 Å². The van der Waals surface area contributed by atoms with Crippen molar-refractivity contribution in [1.82, 2.24) is 9.55 Å². The Morgan fingerprint density at radius 2 is 2.07 bits per heavy atom. The molecule has 2 rings (SSSR count). The highest BCUT2D eigenvalue weighted by Crippen LogP contribution is 2.17. The molecule has 2 aromatic rings. The zero-order valence-electron chi connectivity index (χ0n) is 7.89. The second-order valence-corrected chi connectivity index (χ2v) is 3.04. The van der Waals surface area contributed by atoms with Crippen molar-refractivity contribution in [3.8, 4) is 17.5 Å². The maximum Gasteiger partial charge on any atom is 0.140 e. The minimum absolute atomic E-state index is 0.243. The van der Waals surface area contributed by atoms with Gasteiger partial charge in [-0.3, -0.25) is 0 Å². The predicted octanol–water partition coefficient (Wildman–Crippen LogP) is 2.21. The molecule has 0 radical (unpaired) electrons. The molecule has 0 aliphatic rings. The molecule has 0 spiro atoms. The maximum atomic E-state index is 12.7. The summed E-state index contributed by atoms with van der Waals surface area (Å²) in [5.74, 6) is 0.397. The van der Waals surface area contributed by atoms with E-state index in [1.807, 2.05) is 6.07 Å². The molecule has 15 heavy (non-hydrogen) atoms. The van der Waals surface area contributed by atoms with E-state index in [2.05, 4.69) is 4.98 Å². The smallest absolute Gasteiger partial charge is 0.140 e. The van der Waals surface area contributed by atoms with E-state index in [4.69, 9.17) is 5.26 Å². The number of nitrogens with zero attached hydrogens (tertiary/aromatic N) is 3. The molecule has 0 aliphatic carbocycles. The van der Waals surface area contributed by atoms with Crippen molar-refractivity contribution in [2.75, 3.05) is 0 Å². The Bertz CT molecular complexity index is 493. The van der Waals surface area contributed by atoms with Crippen molar-refractivity contribution >= 4 is 0 Å². The van der Waals surface area contributed by atoms with Gasteiger partial charge in [0, 0.05) is 18.0 Å². The summed E-state index contributed by atoms with van der Waals surface area (Å²) in [5, 5.41) is 8.59. The highest BCUT2D eigenvalue weighted by atomic mass is 19.1. The highest BCUT2D eigenvalue weighted by Gasteiger charge is 2.04. The van der Waals surface area contributed by atoms with Crippen LogP contribution >= 0.6 is 0 Å². The third kappa shape index (κ3) is 1.86. The standard InChI is InChI=1S/C11H8FN3/c12-10-3-1-9(2-4-10)11-14-6-8-15(11)7-5-13/h1-4,6,8H,7H2. The van der Waals surface area contributed by atoms with Gasteiger partial charge in [0.1, 0.15) is 18.2 Å². The van der Waals surface area contributed by atoms with Crippen LogP contribution in [0.4, 0.5) is 4.39 Å². The Morgan fingerprint density at radius 3 is 2.73 bits per heavy atom. The third-order valence-corrected chi connectivity index (χ3v) is 2.06. The first-order valence-electron chi connectivity index (χ1n) is 4.45. The van der Waals surface area contributed by atoms with Crippen molar-refractivity contribution < 1.29 is 4.39 Å². The average molecular weight is 201 g/mol. The van der Waals surface area contributed by atoms with Crippen molar-refractivity contribution in [2.45, 2.75) is 6.54 Å². The molecule has 74 valence electrons. The lowest BCUT2D eigenvalue weighted by Crippen LogP contribution is -1.97. The van der Waals surface area contributed by atoms with E-state index in [1.54, 1.807) is 29.1 Å². The fraction of sp³-hybridized carbons (Fsp3) is 0.0909. The summed E-state index contributed by atoms with van der Waals surface area (Å²) in [5.41, 5.74) is 0.802.